The lowest BCUT2D eigenvalue weighted by Gasteiger charge is -2.24. The minimum atomic E-state index is -0.0734. The number of aromatic nitrogens is 1. The fraction of sp³-hybridized carbons (Fsp3) is 0.214. The molecular weight excluding hydrogens is 214 g/mol. The Kier molecular flexibility index (Phi) is 2.44. The van der Waals surface area contributed by atoms with Crippen LogP contribution in [0.5, 0.6) is 5.75 Å². The number of carbonyl (C=O) groups excluding carboxylic acids is 1. The van der Waals surface area contributed by atoms with Crippen molar-refractivity contribution >= 4 is 5.78 Å². The van der Waals surface area contributed by atoms with Crippen LogP contribution in [0.15, 0.2) is 42.7 Å². The van der Waals surface area contributed by atoms with Gasteiger partial charge in [-0.3, -0.25) is 4.79 Å². The number of para-hydroxylation sites is 1. The van der Waals surface area contributed by atoms with Crippen LogP contribution in [-0.2, 0) is 0 Å². The van der Waals surface area contributed by atoms with Gasteiger partial charge in [-0.15, -0.1) is 0 Å². The van der Waals surface area contributed by atoms with Gasteiger partial charge in [0.25, 0.3) is 0 Å². The molecule has 0 bridgehead atoms. The van der Waals surface area contributed by atoms with Crippen LogP contribution in [-0.4, -0.2) is 17.4 Å². The van der Waals surface area contributed by atoms with Crippen molar-refractivity contribution in [3.05, 3.63) is 53.9 Å². The molecule has 2 aromatic rings. The molecule has 86 valence electrons. The van der Waals surface area contributed by atoms with E-state index in [0.717, 1.165) is 23.3 Å². The van der Waals surface area contributed by atoms with Gasteiger partial charge in [0.1, 0.15) is 5.75 Å². The van der Waals surface area contributed by atoms with E-state index >= 15 is 0 Å². The quantitative estimate of drug-likeness (QED) is 0.801. The molecule has 0 saturated heterocycles. The maximum atomic E-state index is 12.3. The van der Waals surface area contributed by atoms with E-state index in [0.29, 0.717) is 6.61 Å². The number of ketones is 1. The fourth-order valence-electron chi connectivity index (χ4n) is 2.29. The number of fused-ring (bicyclic) bond motifs is 1. The van der Waals surface area contributed by atoms with Gasteiger partial charge in [0.15, 0.2) is 5.78 Å². The number of rotatable bonds is 2. The van der Waals surface area contributed by atoms with E-state index in [2.05, 4.69) is 4.98 Å². The molecule has 0 saturated carbocycles. The van der Waals surface area contributed by atoms with E-state index < -0.39 is 0 Å². The van der Waals surface area contributed by atoms with Crippen molar-refractivity contribution < 1.29 is 9.53 Å². The highest BCUT2D eigenvalue weighted by Gasteiger charge is 2.28. The van der Waals surface area contributed by atoms with Crippen LogP contribution in [0.1, 0.15) is 28.3 Å². The molecule has 0 amide bonds. The van der Waals surface area contributed by atoms with E-state index in [1.807, 2.05) is 30.3 Å². The van der Waals surface area contributed by atoms with Crippen molar-refractivity contribution in [3.63, 3.8) is 0 Å². The molecule has 0 spiro atoms. The van der Waals surface area contributed by atoms with Crippen molar-refractivity contribution in [2.75, 3.05) is 6.61 Å². The van der Waals surface area contributed by atoms with E-state index in [-0.39, 0.29) is 11.7 Å². The van der Waals surface area contributed by atoms with E-state index in [4.69, 9.17) is 4.74 Å². The van der Waals surface area contributed by atoms with Gasteiger partial charge in [-0.2, -0.15) is 0 Å². The Morgan fingerprint density at radius 3 is 3.00 bits per heavy atom. The zero-order chi connectivity index (χ0) is 11.7. The van der Waals surface area contributed by atoms with Crippen LogP contribution in [0.4, 0.5) is 0 Å². The lowest BCUT2D eigenvalue weighted by molar-refractivity contribution is 0.0933. The highest BCUT2D eigenvalue weighted by atomic mass is 16.5. The summed E-state index contributed by atoms with van der Waals surface area (Å²) in [5, 5.41) is 0. The zero-order valence-corrected chi connectivity index (χ0v) is 9.35. The summed E-state index contributed by atoms with van der Waals surface area (Å²) in [6.07, 6.45) is 4.28. The van der Waals surface area contributed by atoms with E-state index in [1.54, 1.807) is 12.4 Å². The SMILES string of the molecule is O=C(c1cc[nH]c1)C1CCOc2ccccc21. The largest absolute Gasteiger partial charge is 0.493 e. The first-order valence-electron chi connectivity index (χ1n) is 5.75. The maximum Gasteiger partial charge on any atom is 0.172 e. The molecule has 3 nitrogen and oxygen atoms in total. The number of ether oxygens (including phenoxy) is 1. The number of benzene rings is 1. The summed E-state index contributed by atoms with van der Waals surface area (Å²) in [6, 6.07) is 9.60. The Bertz CT molecular complexity index is 531. The molecule has 1 atom stereocenters. The van der Waals surface area contributed by atoms with Gasteiger partial charge in [0, 0.05) is 23.5 Å². The standard InChI is InChI=1S/C14H13NO2/c16-14(10-5-7-15-9-10)12-6-8-17-13-4-2-1-3-11(12)13/h1-5,7,9,12,15H,6,8H2. The molecule has 1 aromatic heterocycles. The summed E-state index contributed by atoms with van der Waals surface area (Å²) in [7, 11) is 0. The molecule has 3 heteroatoms. The predicted octanol–water partition coefficient (Wildman–Crippen LogP) is 2.76. The molecule has 2 heterocycles. The van der Waals surface area contributed by atoms with Crippen molar-refractivity contribution in [2.24, 2.45) is 0 Å². The normalized spacial score (nSPS) is 18.2. The number of H-pyrrole nitrogens is 1. The third kappa shape index (κ3) is 1.73. The average Bonchev–Trinajstić information content (AvgIpc) is 2.91. The fourth-order valence-corrected chi connectivity index (χ4v) is 2.29. The number of aromatic amines is 1. The number of nitrogens with one attached hydrogen (secondary N) is 1. The van der Waals surface area contributed by atoms with Gasteiger partial charge >= 0.3 is 0 Å². The summed E-state index contributed by atoms with van der Waals surface area (Å²) in [6.45, 7) is 0.609. The second-order valence-electron chi connectivity index (χ2n) is 4.19. The Balaban J connectivity index is 1.98. The predicted molar refractivity (Wildman–Crippen MR) is 64.4 cm³/mol. The van der Waals surface area contributed by atoms with Gasteiger partial charge in [-0.1, -0.05) is 18.2 Å². The molecule has 0 radical (unpaired) electrons. The van der Waals surface area contributed by atoms with Crippen LogP contribution < -0.4 is 4.74 Å². The second-order valence-corrected chi connectivity index (χ2v) is 4.19. The Morgan fingerprint density at radius 2 is 2.18 bits per heavy atom. The molecule has 17 heavy (non-hydrogen) atoms. The van der Waals surface area contributed by atoms with Crippen LogP contribution in [0, 0.1) is 0 Å². The third-order valence-corrected chi connectivity index (χ3v) is 3.16. The van der Waals surface area contributed by atoms with Crippen molar-refractivity contribution in [1.82, 2.24) is 4.98 Å². The molecule has 1 aromatic carbocycles. The summed E-state index contributed by atoms with van der Waals surface area (Å²) in [5.41, 5.74) is 1.75. The average molecular weight is 227 g/mol. The van der Waals surface area contributed by atoms with Gasteiger partial charge in [0.05, 0.1) is 12.5 Å². The van der Waals surface area contributed by atoms with Gasteiger partial charge in [-0.05, 0) is 18.6 Å². The molecule has 3 rings (SSSR count). The van der Waals surface area contributed by atoms with Crippen molar-refractivity contribution in [2.45, 2.75) is 12.3 Å². The molecule has 0 aliphatic carbocycles. The number of Topliss-reactive ketones (excluding diaryl/α,β-unsaturated/α-hetero) is 1. The first-order chi connectivity index (χ1) is 8.36. The summed E-state index contributed by atoms with van der Waals surface area (Å²) in [4.78, 5) is 15.3. The molecule has 1 N–H and O–H groups in total. The monoisotopic (exact) mass is 227 g/mol. The van der Waals surface area contributed by atoms with Crippen molar-refractivity contribution in [1.29, 1.82) is 0 Å². The smallest absolute Gasteiger partial charge is 0.172 e. The lowest BCUT2D eigenvalue weighted by Crippen LogP contribution is -2.21. The Labute approximate surface area is 99.4 Å². The van der Waals surface area contributed by atoms with Gasteiger partial charge in [0.2, 0.25) is 0 Å². The van der Waals surface area contributed by atoms with Crippen LogP contribution in [0.25, 0.3) is 0 Å². The van der Waals surface area contributed by atoms with E-state index in [1.165, 1.54) is 0 Å². The molecule has 0 fully saturated rings. The van der Waals surface area contributed by atoms with Crippen molar-refractivity contribution in [3.8, 4) is 5.75 Å². The molecule has 1 aliphatic rings. The van der Waals surface area contributed by atoms with Crippen LogP contribution in [0.2, 0.25) is 0 Å². The summed E-state index contributed by atoms with van der Waals surface area (Å²) < 4.78 is 5.56. The lowest BCUT2D eigenvalue weighted by atomic mass is 9.87. The highest BCUT2D eigenvalue weighted by molar-refractivity contribution is 6.01. The molecular formula is C14H13NO2. The number of carbonyl (C=O) groups is 1. The first-order valence-corrected chi connectivity index (χ1v) is 5.75. The third-order valence-electron chi connectivity index (χ3n) is 3.16. The Hall–Kier alpha value is -2.03. The number of hydrogen-bond donors (Lipinski definition) is 1. The minimum Gasteiger partial charge on any atom is -0.493 e. The highest BCUT2D eigenvalue weighted by Crippen LogP contribution is 2.35. The number of hydrogen-bond acceptors (Lipinski definition) is 2. The summed E-state index contributed by atoms with van der Waals surface area (Å²) >= 11 is 0. The minimum absolute atomic E-state index is 0.0734. The van der Waals surface area contributed by atoms with Gasteiger partial charge in [-0.25, -0.2) is 0 Å². The summed E-state index contributed by atoms with van der Waals surface area (Å²) in [5.74, 6) is 0.936. The Morgan fingerprint density at radius 1 is 1.29 bits per heavy atom. The van der Waals surface area contributed by atoms with Gasteiger partial charge < -0.3 is 9.72 Å². The van der Waals surface area contributed by atoms with Crippen LogP contribution >= 0.6 is 0 Å². The van der Waals surface area contributed by atoms with Crippen LogP contribution in [0.3, 0.4) is 0 Å². The zero-order valence-electron chi connectivity index (χ0n) is 9.35. The van der Waals surface area contributed by atoms with E-state index in [9.17, 15) is 4.79 Å². The second kappa shape index (κ2) is 4.09. The first kappa shape index (κ1) is 10.1. The molecule has 1 unspecified atom stereocenters. The maximum absolute atomic E-state index is 12.3. The molecule has 1 aliphatic heterocycles. The topological polar surface area (TPSA) is 42.1 Å².